The van der Waals surface area contributed by atoms with Crippen LogP contribution in [0.1, 0.15) is 52.9 Å². The summed E-state index contributed by atoms with van der Waals surface area (Å²) in [7, 11) is 0. The second-order valence-electron chi connectivity index (χ2n) is 7.62. The number of nitrogens with two attached hydrogens (primary N) is 3. The topological polar surface area (TPSA) is 237 Å². The van der Waals surface area contributed by atoms with E-state index in [9.17, 15) is 33.9 Å². The van der Waals surface area contributed by atoms with E-state index >= 15 is 0 Å². The average Bonchev–Trinajstić information content (AvgIpc) is 2.71. The highest BCUT2D eigenvalue weighted by Gasteiger charge is 2.31. The maximum absolute atomic E-state index is 12.7. The first-order valence-electron chi connectivity index (χ1n) is 10.3. The average molecular weight is 459 g/mol. The number of carbonyl (C=O) groups excluding carboxylic acids is 5. The Hall–Kier alpha value is -3.22. The number of carbonyl (C=O) groups is 6. The molecule has 0 aliphatic carbocycles. The minimum Gasteiger partial charge on any atom is -0.480 e. The number of hydrogen-bond acceptors (Lipinski definition) is 7. The number of primary amides is 2. The van der Waals surface area contributed by atoms with Crippen molar-refractivity contribution in [3.63, 3.8) is 0 Å². The number of carboxylic acids is 1. The summed E-state index contributed by atoms with van der Waals surface area (Å²) in [5.74, 6) is -5.11. The molecule has 5 unspecified atom stereocenters. The molecule has 0 spiro atoms. The van der Waals surface area contributed by atoms with Crippen LogP contribution in [-0.2, 0) is 28.8 Å². The van der Waals surface area contributed by atoms with Crippen molar-refractivity contribution in [1.29, 1.82) is 0 Å². The fourth-order valence-corrected chi connectivity index (χ4v) is 2.60. The van der Waals surface area contributed by atoms with Crippen LogP contribution in [0.5, 0.6) is 0 Å². The van der Waals surface area contributed by atoms with Crippen LogP contribution in [-0.4, -0.2) is 64.8 Å². The number of amides is 5. The van der Waals surface area contributed by atoms with Crippen LogP contribution in [0.4, 0.5) is 0 Å². The molecule has 5 atom stereocenters. The number of rotatable bonds is 15. The van der Waals surface area contributed by atoms with Gasteiger partial charge in [0.2, 0.25) is 29.5 Å². The third-order valence-corrected chi connectivity index (χ3v) is 4.88. The van der Waals surface area contributed by atoms with Gasteiger partial charge in [-0.25, -0.2) is 4.79 Å². The van der Waals surface area contributed by atoms with Gasteiger partial charge in [-0.3, -0.25) is 24.0 Å². The van der Waals surface area contributed by atoms with Gasteiger partial charge in [-0.15, -0.1) is 0 Å². The standard InChI is InChI=1S/C19H34N6O7/c1-4-9(2)15(25-17(29)11(20)5-7-13(21)26)18(30)23-10(3)16(28)24-12(19(31)32)6-8-14(22)27/h9-12,15H,4-8,20H2,1-3H3,(H2,21,26)(H2,22,27)(H,23,30)(H,24,28)(H,25,29)(H,31,32). The summed E-state index contributed by atoms with van der Waals surface area (Å²) in [6, 6.07) is -4.57. The summed E-state index contributed by atoms with van der Waals surface area (Å²) < 4.78 is 0. The van der Waals surface area contributed by atoms with E-state index in [1.54, 1.807) is 13.8 Å². The molecule has 13 heteroatoms. The number of carboxylic acid groups (broad SMARTS) is 1. The van der Waals surface area contributed by atoms with Gasteiger partial charge in [-0.2, -0.15) is 0 Å². The van der Waals surface area contributed by atoms with Crippen LogP contribution in [0.3, 0.4) is 0 Å². The summed E-state index contributed by atoms with van der Waals surface area (Å²) in [4.78, 5) is 70.3. The Labute approximate surface area is 186 Å². The summed E-state index contributed by atoms with van der Waals surface area (Å²) >= 11 is 0. The van der Waals surface area contributed by atoms with Crippen LogP contribution in [0.15, 0.2) is 0 Å². The van der Waals surface area contributed by atoms with E-state index in [0.717, 1.165) is 0 Å². The second kappa shape index (κ2) is 14.0. The van der Waals surface area contributed by atoms with Crippen molar-refractivity contribution < 1.29 is 33.9 Å². The second-order valence-corrected chi connectivity index (χ2v) is 7.62. The van der Waals surface area contributed by atoms with E-state index < -0.39 is 59.7 Å². The molecule has 0 radical (unpaired) electrons. The van der Waals surface area contributed by atoms with E-state index in [1.807, 2.05) is 0 Å². The lowest BCUT2D eigenvalue weighted by atomic mass is 9.97. The molecule has 0 bridgehead atoms. The van der Waals surface area contributed by atoms with Crippen molar-refractivity contribution in [1.82, 2.24) is 16.0 Å². The Balaban J connectivity index is 5.10. The summed E-state index contributed by atoms with van der Waals surface area (Å²) in [5.41, 5.74) is 15.8. The van der Waals surface area contributed by atoms with E-state index in [2.05, 4.69) is 16.0 Å². The van der Waals surface area contributed by atoms with Crippen molar-refractivity contribution in [3.8, 4) is 0 Å². The Morgan fingerprint density at radius 2 is 1.34 bits per heavy atom. The summed E-state index contributed by atoms with van der Waals surface area (Å²) in [6.45, 7) is 4.86. The lowest BCUT2D eigenvalue weighted by Crippen LogP contribution is -2.58. The van der Waals surface area contributed by atoms with Gasteiger partial charge in [-0.1, -0.05) is 20.3 Å². The lowest BCUT2D eigenvalue weighted by Gasteiger charge is -2.26. The van der Waals surface area contributed by atoms with Crippen molar-refractivity contribution in [2.45, 2.75) is 77.0 Å². The van der Waals surface area contributed by atoms with Gasteiger partial charge in [0, 0.05) is 12.8 Å². The van der Waals surface area contributed by atoms with Crippen LogP contribution in [0.2, 0.25) is 0 Å². The molecule has 0 aliphatic rings. The maximum atomic E-state index is 12.7. The molecule has 0 rings (SSSR count). The molecule has 0 saturated heterocycles. The normalized spacial score (nSPS) is 15.4. The van der Waals surface area contributed by atoms with Crippen LogP contribution in [0.25, 0.3) is 0 Å². The highest BCUT2D eigenvalue weighted by atomic mass is 16.4. The van der Waals surface area contributed by atoms with Gasteiger partial charge < -0.3 is 38.3 Å². The highest BCUT2D eigenvalue weighted by molar-refractivity contribution is 5.94. The number of hydrogen-bond donors (Lipinski definition) is 7. The summed E-state index contributed by atoms with van der Waals surface area (Å²) in [6.07, 6.45) is -0.00517. The number of aliphatic carboxylic acids is 1. The Bertz CT molecular complexity index is 714. The van der Waals surface area contributed by atoms with Gasteiger partial charge in [-0.05, 0) is 25.7 Å². The Morgan fingerprint density at radius 1 is 0.812 bits per heavy atom. The smallest absolute Gasteiger partial charge is 0.326 e. The van der Waals surface area contributed by atoms with Gasteiger partial charge in [0.05, 0.1) is 6.04 Å². The van der Waals surface area contributed by atoms with Crippen molar-refractivity contribution >= 4 is 35.5 Å². The number of nitrogens with one attached hydrogen (secondary N) is 3. The largest absolute Gasteiger partial charge is 0.480 e. The first-order valence-corrected chi connectivity index (χ1v) is 10.3. The predicted molar refractivity (Wildman–Crippen MR) is 113 cm³/mol. The minimum atomic E-state index is -1.36. The molecular formula is C19H34N6O7. The molecule has 182 valence electrons. The van der Waals surface area contributed by atoms with E-state index in [-0.39, 0.29) is 31.6 Å². The summed E-state index contributed by atoms with van der Waals surface area (Å²) in [5, 5.41) is 16.4. The van der Waals surface area contributed by atoms with Gasteiger partial charge in [0.15, 0.2) is 0 Å². The predicted octanol–water partition coefficient (Wildman–Crippen LogP) is -2.55. The van der Waals surface area contributed by atoms with Gasteiger partial charge in [0.1, 0.15) is 18.1 Å². The molecule has 0 aromatic heterocycles. The van der Waals surface area contributed by atoms with Crippen molar-refractivity contribution in [2.75, 3.05) is 0 Å². The van der Waals surface area contributed by atoms with E-state index in [0.29, 0.717) is 6.42 Å². The maximum Gasteiger partial charge on any atom is 0.326 e. The van der Waals surface area contributed by atoms with Gasteiger partial charge >= 0.3 is 5.97 Å². The molecule has 10 N–H and O–H groups in total. The minimum absolute atomic E-state index is 0.0106. The lowest BCUT2D eigenvalue weighted by molar-refractivity contribution is -0.142. The van der Waals surface area contributed by atoms with Crippen molar-refractivity contribution in [2.24, 2.45) is 23.1 Å². The van der Waals surface area contributed by atoms with Crippen LogP contribution >= 0.6 is 0 Å². The third kappa shape index (κ3) is 10.7. The molecule has 0 fully saturated rings. The molecular weight excluding hydrogens is 424 g/mol. The van der Waals surface area contributed by atoms with Crippen LogP contribution in [0, 0.1) is 5.92 Å². The SMILES string of the molecule is CCC(C)C(NC(=O)C(N)CCC(N)=O)C(=O)NC(C)C(=O)NC(CCC(N)=O)C(=O)O. The Morgan fingerprint density at radius 3 is 1.81 bits per heavy atom. The Kier molecular flexibility index (Phi) is 12.6. The van der Waals surface area contributed by atoms with Crippen LogP contribution < -0.4 is 33.2 Å². The molecule has 0 aromatic carbocycles. The fourth-order valence-electron chi connectivity index (χ4n) is 2.60. The van der Waals surface area contributed by atoms with E-state index in [1.165, 1.54) is 6.92 Å². The third-order valence-electron chi connectivity index (χ3n) is 4.88. The molecule has 0 aliphatic heterocycles. The first kappa shape index (κ1) is 28.8. The molecule has 13 nitrogen and oxygen atoms in total. The molecule has 32 heavy (non-hydrogen) atoms. The zero-order valence-corrected chi connectivity index (χ0v) is 18.6. The quantitative estimate of drug-likeness (QED) is 0.137. The zero-order chi connectivity index (χ0) is 25.0. The first-order chi connectivity index (χ1) is 14.8. The van der Waals surface area contributed by atoms with Gasteiger partial charge in [0.25, 0.3) is 0 Å². The highest BCUT2D eigenvalue weighted by Crippen LogP contribution is 2.09. The van der Waals surface area contributed by atoms with E-state index in [4.69, 9.17) is 17.2 Å². The molecule has 5 amide bonds. The molecule has 0 saturated carbocycles. The molecule has 0 aromatic rings. The monoisotopic (exact) mass is 458 g/mol. The molecule has 0 heterocycles. The van der Waals surface area contributed by atoms with Crippen molar-refractivity contribution in [3.05, 3.63) is 0 Å². The zero-order valence-electron chi connectivity index (χ0n) is 18.6. The fraction of sp³-hybridized carbons (Fsp3) is 0.684.